The van der Waals surface area contributed by atoms with Crippen LogP contribution in [0.1, 0.15) is 36.9 Å². The van der Waals surface area contributed by atoms with Crippen LogP contribution >= 0.6 is 27.3 Å². The van der Waals surface area contributed by atoms with Gasteiger partial charge in [0.25, 0.3) is 0 Å². The molecule has 0 aliphatic carbocycles. The Morgan fingerprint density at radius 2 is 2.24 bits per heavy atom. The van der Waals surface area contributed by atoms with Crippen molar-refractivity contribution in [2.75, 3.05) is 32.8 Å². The first kappa shape index (κ1) is 27.4. The third-order valence-corrected chi connectivity index (χ3v) is 7.67. The lowest BCUT2D eigenvalue weighted by molar-refractivity contribution is -0.141. The number of carboxylic acid groups (broad SMARTS) is 1. The molecule has 1 aromatic carbocycles. The highest BCUT2D eigenvalue weighted by Crippen LogP contribution is 2.37. The number of hydrogen-bond acceptors (Lipinski definition) is 9. The van der Waals surface area contributed by atoms with E-state index < -0.39 is 23.8 Å². The fourth-order valence-electron chi connectivity index (χ4n) is 4.42. The van der Waals surface area contributed by atoms with Crippen LogP contribution in [-0.4, -0.2) is 71.7 Å². The summed E-state index contributed by atoms with van der Waals surface area (Å²) in [6.07, 6.45) is 1.43. The predicted molar refractivity (Wildman–Crippen MR) is 140 cm³/mol. The normalized spacial score (nSPS) is 21.2. The zero-order chi connectivity index (χ0) is 26.5. The molecule has 0 spiro atoms. The number of aliphatic imine (C=N–C) groups is 1. The smallest absolute Gasteiger partial charge is 0.338 e. The summed E-state index contributed by atoms with van der Waals surface area (Å²) in [5.74, 6) is -1.47. The number of halogens is 2. The average molecular weight is 595 g/mol. The summed E-state index contributed by atoms with van der Waals surface area (Å²) in [4.78, 5) is 35.8. The minimum Gasteiger partial charge on any atom is -0.481 e. The van der Waals surface area contributed by atoms with E-state index in [1.165, 1.54) is 23.5 Å². The predicted octanol–water partition coefficient (Wildman–Crippen LogP) is 3.76. The van der Waals surface area contributed by atoms with Gasteiger partial charge in [-0.05, 0) is 30.5 Å². The van der Waals surface area contributed by atoms with E-state index in [2.05, 4.69) is 31.1 Å². The standard InChI is InChI=1S/C25H28BrFN4O5S/c1-3-35-25(34)21-18(12-31-7-8-36-19(13-31)14(2)10-20(32)33)29-23(24-28-6-9-37-24)30-22(21)16-5-4-15(27)11-17(16)26/h4-6,9,11,14,19,22H,3,7-8,10,12-13H2,1-2H3,(H,29,30)(H,32,33)/t14?,19-,22-/m0/s1. The Hall–Kier alpha value is -2.67. The number of nitrogens with one attached hydrogen (secondary N) is 1. The summed E-state index contributed by atoms with van der Waals surface area (Å²) in [5.41, 5.74) is 1.55. The Labute approximate surface area is 226 Å². The number of benzene rings is 1. The summed E-state index contributed by atoms with van der Waals surface area (Å²) in [7, 11) is 0. The van der Waals surface area contributed by atoms with Gasteiger partial charge in [0.15, 0.2) is 10.8 Å². The van der Waals surface area contributed by atoms with Crippen LogP contribution in [0.3, 0.4) is 0 Å². The molecule has 1 fully saturated rings. The molecule has 2 aliphatic heterocycles. The van der Waals surface area contributed by atoms with Crippen molar-refractivity contribution in [3.8, 4) is 0 Å². The van der Waals surface area contributed by atoms with Gasteiger partial charge in [-0.2, -0.15) is 0 Å². The van der Waals surface area contributed by atoms with Crippen LogP contribution in [0, 0.1) is 11.7 Å². The maximum absolute atomic E-state index is 13.9. The number of carbonyl (C=O) groups excluding carboxylic acids is 1. The lowest BCUT2D eigenvalue weighted by atomic mass is 9.94. The van der Waals surface area contributed by atoms with Crippen LogP contribution in [0.25, 0.3) is 0 Å². The molecule has 2 N–H and O–H groups in total. The average Bonchev–Trinajstić information content (AvgIpc) is 3.39. The number of hydrogen-bond donors (Lipinski definition) is 2. The van der Waals surface area contributed by atoms with Gasteiger partial charge in [-0.3, -0.25) is 14.7 Å². The van der Waals surface area contributed by atoms with Gasteiger partial charge in [-0.15, -0.1) is 11.3 Å². The molecule has 12 heteroatoms. The maximum Gasteiger partial charge on any atom is 0.338 e. The molecule has 4 rings (SSSR count). The summed E-state index contributed by atoms with van der Waals surface area (Å²) >= 11 is 4.84. The second kappa shape index (κ2) is 12.2. The number of ether oxygens (including phenoxy) is 2. The van der Waals surface area contributed by atoms with Gasteiger partial charge in [0.1, 0.15) is 11.9 Å². The molecule has 9 nitrogen and oxygen atoms in total. The van der Waals surface area contributed by atoms with Crippen LogP contribution in [0.5, 0.6) is 0 Å². The number of rotatable bonds is 9. The van der Waals surface area contributed by atoms with Gasteiger partial charge >= 0.3 is 11.9 Å². The zero-order valence-electron chi connectivity index (χ0n) is 20.4. The number of thiazole rings is 1. The largest absolute Gasteiger partial charge is 0.481 e. The van der Waals surface area contributed by atoms with E-state index >= 15 is 0 Å². The Morgan fingerprint density at radius 1 is 1.43 bits per heavy atom. The Morgan fingerprint density at radius 3 is 2.92 bits per heavy atom. The molecular weight excluding hydrogens is 567 g/mol. The van der Waals surface area contributed by atoms with Gasteiger partial charge in [0, 0.05) is 41.4 Å². The molecule has 1 aromatic heterocycles. The van der Waals surface area contributed by atoms with Crippen molar-refractivity contribution in [3.05, 3.63) is 61.9 Å². The van der Waals surface area contributed by atoms with E-state index in [1.54, 1.807) is 19.2 Å². The molecule has 3 atom stereocenters. The van der Waals surface area contributed by atoms with Crippen LogP contribution in [0.15, 0.2) is 50.5 Å². The van der Waals surface area contributed by atoms with Crippen LogP contribution in [0.2, 0.25) is 0 Å². The summed E-state index contributed by atoms with van der Waals surface area (Å²) in [6.45, 7) is 5.68. The van der Waals surface area contributed by atoms with Crippen molar-refractivity contribution in [3.63, 3.8) is 0 Å². The molecule has 1 saturated heterocycles. The molecule has 198 valence electrons. The molecule has 2 aliphatic rings. The Balaban J connectivity index is 1.72. The van der Waals surface area contributed by atoms with E-state index in [1.807, 2.05) is 12.3 Å². The first-order valence-electron chi connectivity index (χ1n) is 11.9. The van der Waals surface area contributed by atoms with Crippen molar-refractivity contribution in [1.82, 2.24) is 15.2 Å². The Bertz CT molecular complexity index is 1210. The highest BCUT2D eigenvalue weighted by atomic mass is 79.9. The fraction of sp³-hybridized carbons (Fsp3) is 0.440. The van der Waals surface area contributed by atoms with Crippen molar-refractivity contribution < 1.29 is 28.6 Å². The minimum atomic E-state index is -0.869. The molecule has 3 heterocycles. The lowest BCUT2D eigenvalue weighted by Gasteiger charge is -2.37. The zero-order valence-corrected chi connectivity index (χ0v) is 22.8. The molecule has 0 radical (unpaired) electrons. The molecule has 0 bridgehead atoms. The van der Waals surface area contributed by atoms with Gasteiger partial charge in [-0.25, -0.2) is 14.2 Å². The second-order valence-corrected chi connectivity index (χ2v) is 10.6. The van der Waals surface area contributed by atoms with Crippen molar-refractivity contribution in [1.29, 1.82) is 0 Å². The van der Waals surface area contributed by atoms with Crippen LogP contribution in [0.4, 0.5) is 4.39 Å². The number of nitrogens with zero attached hydrogens (tertiary/aromatic N) is 3. The number of esters is 1. The quantitative estimate of drug-likeness (QED) is 0.422. The molecular formula is C25H28BrFN4O5S. The second-order valence-electron chi connectivity index (χ2n) is 8.84. The Kier molecular flexibility index (Phi) is 9.06. The first-order valence-corrected chi connectivity index (χ1v) is 13.6. The van der Waals surface area contributed by atoms with Crippen molar-refractivity contribution >= 4 is 45.0 Å². The topological polar surface area (TPSA) is 113 Å². The van der Waals surface area contributed by atoms with Crippen LogP contribution in [-0.2, 0) is 19.1 Å². The minimum absolute atomic E-state index is 0.00898. The third-order valence-electron chi connectivity index (χ3n) is 6.20. The highest BCUT2D eigenvalue weighted by Gasteiger charge is 2.36. The third kappa shape index (κ3) is 6.61. The molecule has 1 unspecified atom stereocenters. The van der Waals surface area contributed by atoms with Crippen molar-refractivity contribution in [2.45, 2.75) is 32.4 Å². The number of aliphatic carboxylic acids is 1. The maximum atomic E-state index is 13.9. The monoisotopic (exact) mass is 594 g/mol. The highest BCUT2D eigenvalue weighted by molar-refractivity contribution is 9.10. The van der Waals surface area contributed by atoms with Crippen LogP contribution < -0.4 is 5.32 Å². The van der Waals surface area contributed by atoms with Gasteiger partial charge in [0.2, 0.25) is 0 Å². The van der Waals surface area contributed by atoms with Gasteiger partial charge in [0.05, 0.1) is 31.3 Å². The first-order chi connectivity index (χ1) is 17.8. The fourth-order valence-corrected chi connectivity index (χ4v) is 5.57. The molecule has 37 heavy (non-hydrogen) atoms. The van der Waals surface area contributed by atoms with E-state index in [0.717, 1.165) is 0 Å². The molecule has 0 amide bonds. The molecule has 2 aromatic rings. The van der Waals surface area contributed by atoms with Gasteiger partial charge in [-0.1, -0.05) is 28.9 Å². The number of carboxylic acids is 1. The number of morpholine rings is 1. The van der Waals surface area contributed by atoms with E-state index in [-0.39, 0.29) is 25.0 Å². The summed E-state index contributed by atoms with van der Waals surface area (Å²) < 4.78 is 25.7. The van der Waals surface area contributed by atoms with E-state index in [4.69, 9.17) is 14.5 Å². The lowest BCUT2D eigenvalue weighted by Crippen LogP contribution is -2.48. The summed E-state index contributed by atoms with van der Waals surface area (Å²) in [6, 6.07) is 3.52. The van der Waals surface area contributed by atoms with E-state index in [0.29, 0.717) is 58.4 Å². The number of amidine groups is 1. The summed E-state index contributed by atoms with van der Waals surface area (Å²) in [5, 5.41) is 15.0. The number of carbonyl (C=O) groups is 2. The number of aromatic nitrogens is 1. The molecule has 0 saturated carbocycles. The van der Waals surface area contributed by atoms with Gasteiger partial charge < -0.3 is 19.9 Å². The SMILES string of the molecule is CCOC(=O)C1=C(CN2CCO[C@H](C(C)CC(=O)O)C2)NC(c2nccs2)=N[C@H]1c1ccc(F)cc1Br. The van der Waals surface area contributed by atoms with Crippen molar-refractivity contribution in [2.24, 2.45) is 10.9 Å². The van der Waals surface area contributed by atoms with E-state index in [9.17, 15) is 19.1 Å².